The molecule has 0 unspecified atom stereocenters. The van der Waals surface area contributed by atoms with Crippen LogP contribution in [0.2, 0.25) is 0 Å². The Morgan fingerprint density at radius 1 is 1.42 bits per heavy atom. The van der Waals surface area contributed by atoms with E-state index in [-0.39, 0.29) is 0 Å². The lowest BCUT2D eigenvalue weighted by molar-refractivity contribution is 0.291. The number of nitrogens with two attached hydrogens (primary N) is 1. The monoisotopic (exact) mass is 159 g/mol. The van der Waals surface area contributed by atoms with Gasteiger partial charge >= 0.3 is 0 Å². The average Bonchev–Trinajstić information content (AvgIpc) is 2.04. The lowest BCUT2D eigenvalue weighted by Crippen LogP contribution is -2.18. The highest BCUT2D eigenvalue weighted by Crippen LogP contribution is 2.23. The highest BCUT2D eigenvalue weighted by Gasteiger charge is 2.12. The molecule has 1 aromatic rings. The molecule has 60 valence electrons. The Morgan fingerprint density at radius 3 is 3.08 bits per heavy atom. The first-order chi connectivity index (χ1) is 5.77. The number of rotatable bonds is 0. The number of hydrogen-bond donors (Lipinski definition) is 1. The molecule has 0 fully saturated rings. The zero-order valence-electron chi connectivity index (χ0n) is 6.84. The van der Waals surface area contributed by atoms with Gasteiger partial charge in [-0.25, -0.2) is 0 Å². The van der Waals surface area contributed by atoms with Gasteiger partial charge in [0.05, 0.1) is 6.61 Å². The summed E-state index contributed by atoms with van der Waals surface area (Å²) < 4.78 is 5.43. The van der Waals surface area contributed by atoms with Gasteiger partial charge in [-0.05, 0) is 30.5 Å². The number of benzene rings is 1. The maximum absolute atomic E-state index is 5.74. The summed E-state index contributed by atoms with van der Waals surface area (Å²) in [4.78, 5) is 0. The molecule has 0 atom stereocenters. The summed E-state index contributed by atoms with van der Waals surface area (Å²) in [6, 6.07) is 3.68. The van der Waals surface area contributed by atoms with Gasteiger partial charge in [-0.15, -0.1) is 0 Å². The molecule has 2 rings (SSSR count). The van der Waals surface area contributed by atoms with Crippen molar-refractivity contribution in [2.45, 2.75) is 12.8 Å². The largest absolute Gasteiger partial charge is 0.494 e. The molecule has 0 aliphatic carbocycles. The predicted octanol–water partition coefficient (Wildman–Crippen LogP) is 0.388. The van der Waals surface area contributed by atoms with Crippen molar-refractivity contribution < 1.29 is 4.74 Å². The van der Waals surface area contributed by atoms with E-state index in [1.54, 1.807) is 6.07 Å². The molecule has 0 saturated carbocycles. The van der Waals surface area contributed by atoms with Crippen LogP contribution >= 0.6 is 0 Å². The van der Waals surface area contributed by atoms with Crippen LogP contribution in [0.4, 0.5) is 5.69 Å². The van der Waals surface area contributed by atoms with Gasteiger partial charge in [0.2, 0.25) is 0 Å². The van der Waals surface area contributed by atoms with Crippen LogP contribution in [-0.2, 0) is 6.42 Å². The molecule has 2 radical (unpaired) electrons. The normalized spacial score (nSPS) is 15.0. The number of ether oxygens (including phenoxy) is 1. The van der Waals surface area contributed by atoms with Crippen molar-refractivity contribution in [1.29, 1.82) is 0 Å². The molecular formula is C9H10BNO. The fourth-order valence-electron chi connectivity index (χ4n) is 1.54. The minimum absolute atomic E-state index is 0.657. The third-order valence-corrected chi connectivity index (χ3v) is 2.05. The molecule has 12 heavy (non-hydrogen) atoms. The number of aryl methyl sites for hydroxylation is 1. The van der Waals surface area contributed by atoms with Gasteiger partial charge in [-0.3, -0.25) is 0 Å². The number of anilines is 1. The Balaban J connectivity index is 2.53. The van der Waals surface area contributed by atoms with Crippen molar-refractivity contribution in [3.05, 3.63) is 17.7 Å². The van der Waals surface area contributed by atoms with Crippen molar-refractivity contribution in [2.75, 3.05) is 12.3 Å². The summed E-state index contributed by atoms with van der Waals surface area (Å²) in [5.74, 6) is 0.829. The molecule has 0 aromatic heterocycles. The van der Waals surface area contributed by atoms with E-state index in [1.807, 2.05) is 6.07 Å². The minimum atomic E-state index is 0.657. The molecule has 1 aromatic carbocycles. The van der Waals surface area contributed by atoms with Crippen LogP contribution in [0, 0.1) is 0 Å². The van der Waals surface area contributed by atoms with Crippen LogP contribution in [0.25, 0.3) is 0 Å². The zero-order chi connectivity index (χ0) is 8.55. The maximum Gasteiger partial charge on any atom is 0.119 e. The summed E-state index contributed by atoms with van der Waals surface area (Å²) in [6.07, 6.45) is 2.07. The Bertz CT molecular complexity index is 312. The van der Waals surface area contributed by atoms with Crippen LogP contribution in [-0.4, -0.2) is 14.5 Å². The summed E-state index contributed by atoms with van der Waals surface area (Å²) >= 11 is 0. The summed E-state index contributed by atoms with van der Waals surface area (Å²) in [5, 5.41) is 0. The van der Waals surface area contributed by atoms with Crippen LogP contribution < -0.4 is 15.9 Å². The average molecular weight is 159 g/mol. The first-order valence-corrected chi connectivity index (χ1v) is 4.08. The molecular weight excluding hydrogens is 149 g/mol. The first kappa shape index (κ1) is 7.53. The third-order valence-electron chi connectivity index (χ3n) is 2.05. The molecule has 0 amide bonds. The Hall–Kier alpha value is -1.12. The van der Waals surface area contributed by atoms with E-state index < -0.39 is 0 Å². The van der Waals surface area contributed by atoms with Gasteiger partial charge < -0.3 is 10.5 Å². The second kappa shape index (κ2) is 2.74. The van der Waals surface area contributed by atoms with Gasteiger partial charge in [0.1, 0.15) is 13.6 Å². The lowest BCUT2D eigenvalue weighted by atomic mass is 9.90. The Morgan fingerprint density at radius 2 is 2.25 bits per heavy atom. The van der Waals surface area contributed by atoms with Gasteiger partial charge in [0, 0.05) is 5.69 Å². The maximum atomic E-state index is 5.74. The highest BCUT2D eigenvalue weighted by molar-refractivity contribution is 6.34. The van der Waals surface area contributed by atoms with Crippen molar-refractivity contribution in [3.63, 3.8) is 0 Å². The van der Waals surface area contributed by atoms with Gasteiger partial charge in [0.15, 0.2) is 0 Å². The van der Waals surface area contributed by atoms with Gasteiger partial charge in [0.25, 0.3) is 0 Å². The molecule has 1 heterocycles. The smallest absolute Gasteiger partial charge is 0.119 e. The summed E-state index contributed by atoms with van der Waals surface area (Å²) in [6.45, 7) is 0.765. The van der Waals surface area contributed by atoms with Gasteiger partial charge in [-0.1, -0.05) is 5.46 Å². The standard InChI is InChI=1S/C9H10BNO/c10-8-5-7(11)4-6-2-1-3-12-9(6)8/h4-5H,1-3,11H2. The van der Waals surface area contributed by atoms with E-state index >= 15 is 0 Å². The number of fused-ring (bicyclic) bond motifs is 1. The summed E-state index contributed by atoms with van der Waals surface area (Å²) in [5.41, 5.74) is 8.16. The van der Waals surface area contributed by atoms with Crippen molar-refractivity contribution in [2.24, 2.45) is 0 Å². The molecule has 1 aliphatic heterocycles. The van der Waals surface area contributed by atoms with Crippen LogP contribution in [0.3, 0.4) is 0 Å². The number of hydrogen-bond acceptors (Lipinski definition) is 2. The van der Waals surface area contributed by atoms with E-state index in [1.165, 1.54) is 0 Å². The fraction of sp³-hybridized carbons (Fsp3) is 0.333. The lowest BCUT2D eigenvalue weighted by Gasteiger charge is -2.19. The zero-order valence-corrected chi connectivity index (χ0v) is 6.84. The molecule has 2 N–H and O–H groups in total. The Kier molecular flexibility index (Phi) is 1.72. The molecule has 2 nitrogen and oxygen atoms in total. The SMILES string of the molecule is [B]c1cc(N)cc2c1OCCC2. The number of nitrogen functional groups attached to an aromatic ring is 1. The fourth-order valence-corrected chi connectivity index (χ4v) is 1.54. The molecule has 0 bridgehead atoms. The van der Waals surface area contributed by atoms with E-state index in [0.717, 1.165) is 36.4 Å². The predicted molar refractivity (Wildman–Crippen MR) is 50.1 cm³/mol. The third kappa shape index (κ3) is 1.15. The molecule has 1 aliphatic rings. The van der Waals surface area contributed by atoms with Gasteiger partial charge in [-0.2, -0.15) is 0 Å². The van der Waals surface area contributed by atoms with Crippen molar-refractivity contribution >= 4 is 19.0 Å². The topological polar surface area (TPSA) is 35.2 Å². The van der Waals surface area contributed by atoms with Crippen LogP contribution in [0.15, 0.2) is 12.1 Å². The van der Waals surface area contributed by atoms with E-state index in [4.69, 9.17) is 18.3 Å². The first-order valence-electron chi connectivity index (χ1n) is 4.08. The van der Waals surface area contributed by atoms with E-state index in [0.29, 0.717) is 5.46 Å². The summed E-state index contributed by atoms with van der Waals surface area (Å²) in [7, 11) is 5.74. The molecule has 0 saturated heterocycles. The molecule has 0 spiro atoms. The highest BCUT2D eigenvalue weighted by atomic mass is 16.5. The second-order valence-electron chi connectivity index (χ2n) is 3.05. The molecule has 3 heteroatoms. The van der Waals surface area contributed by atoms with Crippen LogP contribution in [0.1, 0.15) is 12.0 Å². The quantitative estimate of drug-likeness (QED) is 0.438. The second-order valence-corrected chi connectivity index (χ2v) is 3.05. The Labute approximate surface area is 73.1 Å². The van der Waals surface area contributed by atoms with Crippen molar-refractivity contribution in [3.8, 4) is 5.75 Å². The van der Waals surface area contributed by atoms with Crippen molar-refractivity contribution in [1.82, 2.24) is 0 Å². The van der Waals surface area contributed by atoms with E-state index in [9.17, 15) is 0 Å². The minimum Gasteiger partial charge on any atom is -0.494 e. The van der Waals surface area contributed by atoms with Crippen LogP contribution in [0.5, 0.6) is 5.75 Å². The van der Waals surface area contributed by atoms with E-state index in [2.05, 4.69) is 0 Å².